The SMILES string of the molecule is COc1ccccc1/C(O)=C1/C(=O)C(=O)N(CCCN(C)C)C1c1ccco1. The number of benzene rings is 1. The maximum atomic E-state index is 12.8. The number of para-hydroxylation sites is 1. The fourth-order valence-electron chi connectivity index (χ4n) is 3.40. The number of rotatable bonds is 7. The Labute approximate surface area is 163 Å². The minimum atomic E-state index is -0.776. The van der Waals surface area contributed by atoms with Gasteiger partial charge in [0.2, 0.25) is 0 Å². The van der Waals surface area contributed by atoms with E-state index in [9.17, 15) is 14.7 Å². The van der Waals surface area contributed by atoms with Gasteiger partial charge in [-0.1, -0.05) is 12.1 Å². The van der Waals surface area contributed by atoms with E-state index >= 15 is 0 Å². The van der Waals surface area contributed by atoms with E-state index in [2.05, 4.69) is 0 Å². The molecule has 28 heavy (non-hydrogen) atoms. The van der Waals surface area contributed by atoms with Gasteiger partial charge in [0, 0.05) is 6.54 Å². The van der Waals surface area contributed by atoms with E-state index in [1.807, 2.05) is 19.0 Å². The van der Waals surface area contributed by atoms with Crippen molar-refractivity contribution in [1.29, 1.82) is 0 Å². The maximum Gasteiger partial charge on any atom is 0.295 e. The summed E-state index contributed by atoms with van der Waals surface area (Å²) >= 11 is 0. The van der Waals surface area contributed by atoms with Crippen LogP contribution in [0.4, 0.5) is 0 Å². The minimum absolute atomic E-state index is 0.00861. The highest BCUT2D eigenvalue weighted by Crippen LogP contribution is 2.40. The van der Waals surface area contributed by atoms with E-state index in [1.165, 1.54) is 18.3 Å². The quantitative estimate of drug-likeness (QED) is 0.449. The van der Waals surface area contributed by atoms with Gasteiger partial charge in [0.25, 0.3) is 11.7 Å². The van der Waals surface area contributed by atoms with E-state index in [0.717, 1.165) is 6.54 Å². The molecular formula is C21H24N2O5. The van der Waals surface area contributed by atoms with Crippen LogP contribution >= 0.6 is 0 Å². The lowest BCUT2D eigenvalue weighted by atomic mass is 9.99. The number of carbonyl (C=O) groups excluding carboxylic acids is 2. The molecular weight excluding hydrogens is 360 g/mol. The van der Waals surface area contributed by atoms with Gasteiger partial charge in [0.1, 0.15) is 23.3 Å². The first-order valence-corrected chi connectivity index (χ1v) is 9.05. The van der Waals surface area contributed by atoms with Crippen LogP contribution in [0.3, 0.4) is 0 Å². The van der Waals surface area contributed by atoms with Crippen molar-refractivity contribution in [2.45, 2.75) is 12.5 Å². The highest BCUT2D eigenvalue weighted by atomic mass is 16.5. The van der Waals surface area contributed by atoms with Gasteiger partial charge in [-0.2, -0.15) is 0 Å². The van der Waals surface area contributed by atoms with Gasteiger partial charge in [-0.3, -0.25) is 9.59 Å². The highest BCUT2D eigenvalue weighted by molar-refractivity contribution is 6.46. The molecule has 1 fully saturated rings. The molecule has 0 aliphatic carbocycles. The summed E-state index contributed by atoms with van der Waals surface area (Å²) in [6.07, 6.45) is 2.17. The smallest absolute Gasteiger partial charge is 0.295 e. The molecule has 2 aromatic rings. The summed E-state index contributed by atoms with van der Waals surface area (Å²) in [4.78, 5) is 29.0. The summed E-state index contributed by atoms with van der Waals surface area (Å²) in [7, 11) is 5.37. The molecule has 2 heterocycles. The second kappa shape index (κ2) is 8.31. The van der Waals surface area contributed by atoms with Crippen LogP contribution in [0, 0.1) is 0 Å². The Kier molecular flexibility index (Phi) is 5.84. The largest absolute Gasteiger partial charge is 0.507 e. The Bertz CT molecular complexity index is 886. The lowest BCUT2D eigenvalue weighted by Gasteiger charge is -2.24. The lowest BCUT2D eigenvalue weighted by molar-refractivity contribution is -0.140. The molecule has 0 saturated carbocycles. The minimum Gasteiger partial charge on any atom is -0.507 e. The molecule has 1 saturated heterocycles. The number of amides is 1. The number of furan rings is 1. The topological polar surface area (TPSA) is 83.2 Å². The maximum absolute atomic E-state index is 12.8. The Morgan fingerprint density at radius 1 is 1.21 bits per heavy atom. The number of Topliss-reactive ketones (excluding diaryl/α,β-unsaturated/α-hetero) is 1. The van der Waals surface area contributed by atoms with Crippen LogP contribution in [0.5, 0.6) is 5.75 Å². The van der Waals surface area contributed by atoms with E-state index in [1.54, 1.807) is 36.4 Å². The van der Waals surface area contributed by atoms with Gasteiger partial charge >= 0.3 is 0 Å². The molecule has 1 aromatic carbocycles. The van der Waals surface area contributed by atoms with Crippen molar-refractivity contribution in [1.82, 2.24) is 9.80 Å². The standard InChI is InChI=1S/C21H24N2O5/c1-22(2)11-7-12-23-18(16-10-6-13-28-16)17(20(25)21(23)26)19(24)14-8-4-5-9-15(14)27-3/h4-6,8-10,13,18,24H,7,11-12H2,1-3H3/b19-17-. The number of likely N-dealkylation sites (tertiary alicyclic amines) is 1. The number of ether oxygens (including phenoxy) is 1. The Hall–Kier alpha value is -3.06. The van der Waals surface area contributed by atoms with Crippen LogP contribution in [-0.4, -0.2) is 60.9 Å². The number of methoxy groups -OCH3 is 1. The van der Waals surface area contributed by atoms with Crippen molar-refractivity contribution in [3.63, 3.8) is 0 Å². The summed E-state index contributed by atoms with van der Waals surface area (Å²) in [5, 5.41) is 11.0. The summed E-state index contributed by atoms with van der Waals surface area (Å²) in [5.74, 6) is -0.795. The van der Waals surface area contributed by atoms with E-state index in [4.69, 9.17) is 9.15 Å². The van der Waals surface area contributed by atoms with Crippen LogP contribution in [0.15, 0.2) is 52.7 Å². The fourth-order valence-corrected chi connectivity index (χ4v) is 3.40. The van der Waals surface area contributed by atoms with Gasteiger partial charge in [-0.05, 0) is 51.3 Å². The molecule has 1 atom stereocenters. The van der Waals surface area contributed by atoms with Gasteiger partial charge in [-0.25, -0.2) is 0 Å². The van der Waals surface area contributed by atoms with Crippen molar-refractivity contribution >= 4 is 17.4 Å². The predicted octanol–water partition coefficient (Wildman–Crippen LogP) is 2.66. The second-order valence-electron chi connectivity index (χ2n) is 6.87. The first-order valence-electron chi connectivity index (χ1n) is 9.05. The molecule has 0 radical (unpaired) electrons. The van der Waals surface area contributed by atoms with Gasteiger partial charge < -0.3 is 24.1 Å². The highest BCUT2D eigenvalue weighted by Gasteiger charge is 2.47. The normalized spacial score (nSPS) is 18.9. The van der Waals surface area contributed by atoms with E-state index < -0.39 is 17.7 Å². The average molecular weight is 384 g/mol. The van der Waals surface area contributed by atoms with Crippen molar-refractivity contribution in [3.05, 3.63) is 59.6 Å². The summed E-state index contributed by atoms with van der Waals surface area (Å²) < 4.78 is 10.8. The van der Waals surface area contributed by atoms with Crippen molar-refractivity contribution < 1.29 is 23.8 Å². The monoisotopic (exact) mass is 384 g/mol. The Morgan fingerprint density at radius 2 is 1.96 bits per heavy atom. The lowest BCUT2D eigenvalue weighted by Crippen LogP contribution is -2.32. The zero-order valence-corrected chi connectivity index (χ0v) is 16.2. The van der Waals surface area contributed by atoms with Gasteiger partial charge in [0.05, 0.1) is 24.5 Å². The second-order valence-corrected chi connectivity index (χ2v) is 6.87. The van der Waals surface area contributed by atoms with Gasteiger partial charge in [0.15, 0.2) is 0 Å². The first kappa shape index (κ1) is 19.7. The zero-order valence-electron chi connectivity index (χ0n) is 16.2. The number of hydrogen-bond acceptors (Lipinski definition) is 6. The van der Waals surface area contributed by atoms with Crippen LogP contribution in [0.1, 0.15) is 23.8 Å². The molecule has 1 amide bonds. The van der Waals surface area contributed by atoms with Crippen molar-refractivity contribution in [2.75, 3.05) is 34.3 Å². The molecule has 7 heteroatoms. The molecule has 148 valence electrons. The van der Waals surface area contributed by atoms with Crippen LogP contribution in [0.25, 0.3) is 5.76 Å². The summed E-state index contributed by atoms with van der Waals surface area (Å²) in [5.41, 5.74) is 0.363. The molecule has 1 N–H and O–H groups in total. The predicted molar refractivity (Wildman–Crippen MR) is 104 cm³/mol. The Balaban J connectivity index is 2.08. The Morgan fingerprint density at radius 3 is 2.61 bits per heavy atom. The molecule has 3 rings (SSSR count). The van der Waals surface area contributed by atoms with E-state index in [0.29, 0.717) is 30.0 Å². The number of aliphatic hydroxyl groups excluding tert-OH is 1. The third-order valence-corrected chi connectivity index (χ3v) is 4.72. The fraction of sp³-hybridized carbons (Fsp3) is 0.333. The van der Waals surface area contributed by atoms with Crippen molar-refractivity contribution in [3.8, 4) is 5.75 Å². The number of hydrogen-bond donors (Lipinski definition) is 1. The number of ketones is 1. The van der Waals surface area contributed by atoms with Crippen LogP contribution in [-0.2, 0) is 9.59 Å². The summed E-state index contributed by atoms with van der Waals surface area (Å²) in [6, 6.07) is 9.44. The van der Waals surface area contributed by atoms with E-state index in [-0.39, 0.29) is 11.3 Å². The van der Waals surface area contributed by atoms with Crippen LogP contribution < -0.4 is 4.74 Å². The molecule has 7 nitrogen and oxygen atoms in total. The number of carbonyl (C=O) groups is 2. The molecule has 0 bridgehead atoms. The molecule has 1 aliphatic heterocycles. The average Bonchev–Trinajstić information content (AvgIpc) is 3.29. The molecule has 0 spiro atoms. The van der Waals surface area contributed by atoms with Crippen molar-refractivity contribution in [2.24, 2.45) is 0 Å². The molecule has 1 aliphatic rings. The first-order chi connectivity index (χ1) is 13.5. The van der Waals surface area contributed by atoms with Crippen LogP contribution in [0.2, 0.25) is 0 Å². The summed E-state index contributed by atoms with van der Waals surface area (Å²) in [6.45, 7) is 1.14. The molecule has 1 unspecified atom stereocenters. The third-order valence-electron chi connectivity index (χ3n) is 4.72. The number of nitrogens with zero attached hydrogens (tertiary/aromatic N) is 2. The number of aliphatic hydroxyl groups is 1. The van der Waals surface area contributed by atoms with Gasteiger partial charge in [-0.15, -0.1) is 0 Å². The zero-order chi connectivity index (χ0) is 20.3. The third kappa shape index (κ3) is 3.66. The molecule has 1 aromatic heterocycles.